The van der Waals surface area contributed by atoms with Crippen LogP contribution in [0.3, 0.4) is 0 Å². The molecule has 0 bridgehead atoms. The number of aliphatic hydroxyl groups is 8. The Bertz CT molecular complexity index is 1610. The smallest absolute Gasteiger partial charge is 0.337 e. The Kier molecular flexibility index (Phi) is 11.1. The summed E-state index contributed by atoms with van der Waals surface area (Å²) < 4.78 is 29.1. The summed E-state index contributed by atoms with van der Waals surface area (Å²) in [7, 11) is 1.11. The maximum atomic E-state index is 12.8. The molecule has 5 aliphatic carbocycles. The zero-order valence-electron chi connectivity index (χ0n) is 35.0. The predicted molar refractivity (Wildman–Crippen MR) is 204 cm³/mol. The van der Waals surface area contributed by atoms with Crippen LogP contribution in [0.1, 0.15) is 100 Å². The van der Waals surface area contributed by atoms with Gasteiger partial charge in [0.2, 0.25) is 0 Å². The van der Waals surface area contributed by atoms with Gasteiger partial charge in [0.05, 0.1) is 32.0 Å². The first kappa shape index (κ1) is 43.6. The Morgan fingerprint density at radius 3 is 2.14 bits per heavy atom. The van der Waals surface area contributed by atoms with Gasteiger partial charge in [-0.15, -0.1) is 0 Å². The zero-order chi connectivity index (χ0) is 42.0. The number of allylic oxidation sites excluding steroid dienone is 3. The van der Waals surface area contributed by atoms with Gasteiger partial charge in [0.1, 0.15) is 42.7 Å². The number of carbonyl (C=O) groups is 1. The molecule has 8 N–H and O–H groups in total. The summed E-state index contributed by atoms with van der Waals surface area (Å²) in [5.41, 5.74) is 0.884. The largest absolute Gasteiger partial charge is 0.467 e. The third-order valence-corrected chi connectivity index (χ3v) is 17.0. The molecule has 19 atom stereocenters. The van der Waals surface area contributed by atoms with E-state index in [1.165, 1.54) is 11.1 Å². The molecular formula is C43H68O14. The van der Waals surface area contributed by atoms with Crippen LogP contribution in [0.15, 0.2) is 23.3 Å². The van der Waals surface area contributed by atoms with Crippen LogP contribution in [0.25, 0.3) is 0 Å². The third-order valence-electron chi connectivity index (χ3n) is 17.0. The van der Waals surface area contributed by atoms with E-state index in [0.717, 1.165) is 45.6 Å². The van der Waals surface area contributed by atoms with Gasteiger partial charge in [0.25, 0.3) is 0 Å². The summed E-state index contributed by atoms with van der Waals surface area (Å²) in [6, 6.07) is 0. The van der Waals surface area contributed by atoms with Crippen LogP contribution in [0.4, 0.5) is 0 Å². The lowest BCUT2D eigenvalue weighted by Gasteiger charge is -2.70. The summed E-state index contributed by atoms with van der Waals surface area (Å²) in [6.07, 6.45) is -8.75. The van der Waals surface area contributed by atoms with Gasteiger partial charge >= 0.3 is 5.97 Å². The summed E-state index contributed by atoms with van der Waals surface area (Å²) >= 11 is 0. The molecule has 0 unspecified atom stereocenters. The number of methoxy groups -OCH3 is 1. The minimum absolute atomic E-state index is 0.00748. The standard InChI is InChI=1S/C43H68O14/c1-38(2)17-21-20-10-11-24-42(7,41(20,6)15-14-40(21,5)26(46)18-38)13-12-23-39(3,4)27(16-25(45)43(23,24)8)55-37-34(31(50)30(49)33(56-37)35(52)53-9)57-36-32(51)29(48)28(47)22(19-44)54-36/h10-11,22-34,36-37,44-51H,12-19H2,1-9H3/t22-,23+,24+,25-,26-,27+,28-,29+,30+,31+,32-,33+,34-,36+,37-,40-,41-,42-,43+/m1/s1. The Hall–Kier alpha value is -1.53. The average Bonchev–Trinajstić information content (AvgIpc) is 3.14. The van der Waals surface area contributed by atoms with E-state index < -0.39 is 103 Å². The van der Waals surface area contributed by atoms with E-state index in [2.05, 4.69) is 67.5 Å². The highest BCUT2D eigenvalue weighted by Gasteiger charge is 2.70. The molecule has 5 fully saturated rings. The second kappa shape index (κ2) is 14.5. The second-order valence-corrected chi connectivity index (χ2v) is 20.8. The van der Waals surface area contributed by atoms with Crippen LogP contribution in [-0.4, -0.2) is 140 Å². The van der Waals surface area contributed by atoms with E-state index in [1.807, 2.05) is 0 Å². The Morgan fingerprint density at radius 2 is 1.49 bits per heavy atom. The second-order valence-electron chi connectivity index (χ2n) is 20.8. The lowest BCUT2D eigenvalue weighted by atomic mass is 9.35. The van der Waals surface area contributed by atoms with E-state index in [4.69, 9.17) is 23.7 Å². The molecular weight excluding hydrogens is 740 g/mol. The van der Waals surface area contributed by atoms with Crippen molar-refractivity contribution in [3.05, 3.63) is 23.3 Å². The van der Waals surface area contributed by atoms with E-state index in [1.54, 1.807) is 0 Å². The number of carbonyl (C=O) groups excluding carboxylic acids is 1. The van der Waals surface area contributed by atoms with E-state index in [9.17, 15) is 45.6 Å². The molecule has 7 rings (SSSR count). The molecule has 0 radical (unpaired) electrons. The highest BCUT2D eigenvalue weighted by atomic mass is 16.8. The van der Waals surface area contributed by atoms with Crippen molar-refractivity contribution in [3.8, 4) is 0 Å². The maximum absolute atomic E-state index is 12.8. The Balaban J connectivity index is 1.20. The van der Waals surface area contributed by atoms with Crippen LogP contribution in [0.5, 0.6) is 0 Å². The topological polar surface area (TPSA) is 225 Å². The summed E-state index contributed by atoms with van der Waals surface area (Å²) in [4.78, 5) is 12.8. The van der Waals surface area contributed by atoms with Crippen molar-refractivity contribution in [2.75, 3.05) is 13.7 Å². The van der Waals surface area contributed by atoms with Gasteiger partial charge < -0.3 is 64.5 Å². The number of esters is 1. The van der Waals surface area contributed by atoms with Crippen molar-refractivity contribution in [2.24, 2.45) is 44.3 Å². The summed E-state index contributed by atoms with van der Waals surface area (Å²) in [6.45, 7) is 17.2. The average molecular weight is 809 g/mol. The fraction of sp³-hybridized carbons (Fsp3) is 0.884. The van der Waals surface area contributed by atoms with E-state index >= 15 is 0 Å². The molecule has 14 heteroatoms. The molecule has 3 saturated carbocycles. The number of aliphatic hydroxyl groups excluding tert-OH is 8. The minimum Gasteiger partial charge on any atom is -0.467 e. The van der Waals surface area contributed by atoms with Crippen LogP contribution >= 0.6 is 0 Å². The van der Waals surface area contributed by atoms with Crippen LogP contribution in [0.2, 0.25) is 0 Å². The number of hydrogen-bond acceptors (Lipinski definition) is 14. The minimum atomic E-state index is -1.85. The van der Waals surface area contributed by atoms with Gasteiger partial charge in [-0.2, -0.15) is 0 Å². The van der Waals surface area contributed by atoms with Crippen molar-refractivity contribution in [1.29, 1.82) is 0 Å². The third kappa shape index (κ3) is 6.37. The quantitative estimate of drug-likeness (QED) is 0.142. The van der Waals surface area contributed by atoms with Crippen molar-refractivity contribution < 1.29 is 69.3 Å². The van der Waals surface area contributed by atoms with Gasteiger partial charge in [0.15, 0.2) is 18.7 Å². The van der Waals surface area contributed by atoms with Crippen LogP contribution in [-0.2, 0) is 28.5 Å². The highest BCUT2D eigenvalue weighted by Crippen LogP contribution is 2.74. The molecule has 0 amide bonds. The van der Waals surface area contributed by atoms with Crippen molar-refractivity contribution in [3.63, 3.8) is 0 Å². The molecule has 324 valence electrons. The summed E-state index contributed by atoms with van der Waals surface area (Å²) in [5.74, 6) is -1.03. The van der Waals surface area contributed by atoms with Crippen LogP contribution in [0, 0.1) is 44.3 Å². The molecule has 2 saturated heterocycles. The first-order valence-corrected chi connectivity index (χ1v) is 20.9. The lowest BCUT2D eigenvalue weighted by molar-refractivity contribution is -0.376. The van der Waals surface area contributed by atoms with Crippen molar-refractivity contribution >= 4 is 5.97 Å². The molecule has 57 heavy (non-hydrogen) atoms. The van der Waals surface area contributed by atoms with Gasteiger partial charge in [-0.3, -0.25) is 0 Å². The van der Waals surface area contributed by atoms with Crippen molar-refractivity contribution in [1.82, 2.24) is 0 Å². The molecule has 0 aromatic rings. The number of rotatable bonds is 6. The molecule has 2 heterocycles. The number of hydrogen-bond donors (Lipinski definition) is 8. The fourth-order valence-electron chi connectivity index (χ4n) is 13.1. The van der Waals surface area contributed by atoms with Gasteiger partial charge in [-0.25, -0.2) is 4.79 Å². The number of ether oxygens (including phenoxy) is 5. The van der Waals surface area contributed by atoms with Gasteiger partial charge in [0, 0.05) is 17.3 Å². The summed E-state index contributed by atoms with van der Waals surface area (Å²) in [5, 5.41) is 87.7. The molecule has 0 aromatic heterocycles. The predicted octanol–water partition coefficient (Wildman–Crippen LogP) is 1.86. The Morgan fingerprint density at radius 1 is 0.807 bits per heavy atom. The molecule has 7 aliphatic rings. The van der Waals surface area contributed by atoms with Crippen molar-refractivity contribution in [2.45, 2.75) is 180 Å². The van der Waals surface area contributed by atoms with E-state index in [-0.39, 0.29) is 39.9 Å². The number of fused-ring (bicyclic) bond motifs is 6. The van der Waals surface area contributed by atoms with E-state index in [0.29, 0.717) is 0 Å². The fourth-order valence-corrected chi connectivity index (χ4v) is 13.1. The molecule has 0 spiro atoms. The van der Waals surface area contributed by atoms with Gasteiger partial charge in [-0.05, 0) is 77.6 Å². The normalized spacial score (nSPS) is 52.9. The monoisotopic (exact) mass is 808 g/mol. The molecule has 0 aromatic carbocycles. The Labute approximate surface area is 336 Å². The first-order chi connectivity index (χ1) is 26.4. The van der Waals surface area contributed by atoms with Gasteiger partial charge in [-0.1, -0.05) is 73.1 Å². The SMILES string of the molecule is COC(=O)[C@H]1O[C@@H](O[C@H]2C[C@@H](O)[C@]3(C)[C@H]4C=CC5=C6CC(C)(C)C[C@@H](O)[C@]6(C)CC[C@@]5(C)[C@]4(C)CC[C@H]3C2(C)C)[C@H](O[C@@H]2O[C@H](CO)[C@@H](O)[C@H](O)[C@H]2O)[C@@H](O)[C@@H]1O. The maximum Gasteiger partial charge on any atom is 0.337 e. The molecule has 14 nitrogen and oxygen atoms in total. The zero-order valence-corrected chi connectivity index (χ0v) is 35.0. The molecule has 2 aliphatic heterocycles. The lowest BCUT2D eigenvalue weighted by Crippen LogP contribution is -2.69. The highest BCUT2D eigenvalue weighted by molar-refractivity contribution is 5.75. The first-order valence-electron chi connectivity index (χ1n) is 20.9. The van der Waals surface area contributed by atoms with Crippen LogP contribution < -0.4 is 0 Å².